The molecule has 0 aliphatic heterocycles. The van der Waals surface area contributed by atoms with Crippen LogP contribution in [0.2, 0.25) is 0 Å². The Labute approximate surface area is 143 Å². The van der Waals surface area contributed by atoms with Gasteiger partial charge in [0.25, 0.3) is 5.56 Å². The van der Waals surface area contributed by atoms with Crippen molar-refractivity contribution < 1.29 is 19.7 Å². The fraction of sp³-hybridized carbons (Fsp3) is 0.600. The molecule has 0 fully saturated rings. The van der Waals surface area contributed by atoms with Gasteiger partial charge in [0.2, 0.25) is 5.95 Å². The van der Waals surface area contributed by atoms with Crippen LogP contribution in [0.3, 0.4) is 0 Å². The lowest BCUT2D eigenvalue weighted by molar-refractivity contribution is 0.0634. The molecule has 10 nitrogen and oxygen atoms in total. The summed E-state index contributed by atoms with van der Waals surface area (Å²) in [7, 11) is 0. The molecule has 0 saturated carbocycles. The maximum atomic E-state index is 12.1. The average Bonchev–Trinajstić information content (AvgIpc) is 2.90. The van der Waals surface area contributed by atoms with Crippen molar-refractivity contribution in [3.05, 3.63) is 16.7 Å². The van der Waals surface area contributed by atoms with Gasteiger partial charge in [-0.05, 0) is 27.2 Å². The van der Waals surface area contributed by atoms with Crippen molar-refractivity contribution in [2.45, 2.75) is 39.3 Å². The molecule has 0 unspecified atom stereocenters. The largest absolute Gasteiger partial charge is 0.444 e. The van der Waals surface area contributed by atoms with Crippen LogP contribution in [0, 0.1) is 5.92 Å². The van der Waals surface area contributed by atoms with Gasteiger partial charge in [0.15, 0.2) is 11.2 Å². The van der Waals surface area contributed by atoms with E-state index in [1.54, 1.807) is 25.3 Å². The first-order chi connectivity index (χ1) is 11.7. The van der Waals surface area contributed by atoms with Crippen LogP contribution in [0.15, 0.2) is 11.1 Å². The van der Waals surface area contributed by atoms with Gasteiger partial charge in [-0.15, -0.1) is 0 Å². The molecule has 0 aromatic carbocycles. The number of carbonyl (C=O) groups excluding carboxylic acids is 1. The molecule has 0 saturated heterocycles. The second-order valence-electron chi connectivity index (χ2n) is 6.67. The molecule has 2 aromatic heterocycles. The normalized spacial score (nSPS) is 11.9. The number of aliphatic hydroxyl groups excluding tert-OH is 2. The van der Waals surface area contributed by atoms with Crippen molar-refractivity contribution in [3.8, 4) is 0 Å². The van der Waals surface area contributed by atoms with Crippen molar-refractivity contribution in [3.63, 3.8) is 0 Å². The summed E-state index contributed by atoms with van der Waals surface area (Å²) in [4.78, 5) is 34.6. The number of amides is 1. The Hall–Kier alpha value is -2.46. The van der Waals surface area contributed by atoms with Crippen molar-refractivity contribution in [2.75, 3.05) is 18.5 Å². The summed E-state index contributed by atoms with van der Waals surface area (Å²) >= 11 is 0. The highest BCUT2D eigenvalue weighted by Gasteiger charge is 2.18. The second-order valence-corrected chi connectivity index (χ2v) is 6.67. The number of imidazole rings is 1. The number of rotatable bonds is 6. The molecule has 0 atom stereocenters. The molecule has 0 spiro atoms. The Morgan fingerprint density at radius 1 is 1.40 bits per heavy atom. The van der Waals surface area contributed by atoms with E-state index in [1.165, 1.54) is 6.33 Å². The van der Waals surface area contributed by atoms with E-state index in [4.69, 9.17) is 14.9 Å². The topological polar surface area (TPSA) is 142 Å². The molecule has 0 bridgehead atoms. The first kappa shape index (κ1) is 18.9. The number of aryl methyl sites for hydroxylation is 1. The van der Waals surface area contributed by atoms with E-state index in [0.717, 1.165) is 0 Å². The number of anilines is 1. The number of hydrogen-bond donors (Lipinski definition) is 4. The molecule has 10 heteroatoms. The Balaban J connectivity index is 2.22. The summed E-state index contributed by atoms with van der Waals surface area (Å²) in [5.74, 6) is -0.312. The molecule has 0 aliphatic rings. The van der Waals surface area contributed by atoms with Crippen LogP contribution < -0.4 is 10.9 Å². The number of aromatic amines is 1. The number of ether oxygens (including phenoxy) is 1. The summed E-state index contributed by atoms with van der Waals surface area (Å²) in [5, 5.41) is 20.6. The minimum Gasteiger partial charge on any atom is -0.444 e. The van der Waals surface area contributed by atoms with Gasteiger partial charge in [-0.25, -0.2) is 9.78 Å². The Morgan fingerprint density at radius 2 is 2.08 bits per heavy atom. The number of aliphatic hydroxyl groups is 2. The number of nitrogens with zero attached hydrogens (tertiary/aromatic N) is 3. The zero-order chi connectivity index (χ0) is 18.6. The Morgan fingerprint density at radius 3 is 2.68 bits per heavy atom. The van der Waals surface area contributed by atoms with Crippen LogP contribution >= 0.6 is 0 Å². The average molecular weight is 353 g/mol. The van der Waals surface area contributed by atoms with Gasteiger partial charge >= 0.3 is 6.09 Å². The smallest absolute Gasteiger partial charge is 0.414 e. The van der Waals surface area contributed by atoms with E-state index in [0.29, 0.717) is 18.6 Å². The van der Waals surface area contributed by atoms with Crippen molar-refractivity contribution in [2.24, 2.45) is 5.92 Å². The monoisotopic (exact) mass is 353 g/mol. The minimum atomic E-state index is -0.735. The van der Waals surface area contributed by atoms with E-state index >= 15 is 0 Å². The highest BCUT2D eigenvalue weighted by atomic mass is 16.6. The molecule has 0 radical (unpaired) electrons. The highest BCUT2D eigenvalue weighted by molar-refractivity contribution is 5.83. The summed E-state index contributed by atoms with van der Waals surface area (Å²) in [6.07, 6.45) is 1.21. The quantitative estimate of drug-likeness (QED) is 0.591. The van der Waals surface area contributed by atoms with Crippen LogP contribution in [0.5, 0.6) is 0 Å². The fourth-order valence-electron chi connectivity index (χ4n) is 2.14. The molecule has 1 amide bonds. The number of fused-ring (bicyclic) bond motifs is 1. The third-order valence-corrected chi connectivity index (χ3v) is 3.39. The standard InChI is InChI=1S/C15H23N5O5/c1-15(2,3)25-14(24)19-13-17-11-10(12(23)18-13)16-8-20(11)5-4-9(6-21)7-22/h8-9,21-22H,4-7H2,1-3H3,(H2,17,18,19,23,24). The van der Waals surface area contributed by atoms with E-state index in [9.17, 15) is 9.59 Å². The van der Waals surface area contributed by atoms with Gasteiger partial charge in [-0.3, -0.25) is 15.1 Å². The van der Waals surface area contributed by atoms with E-state index in [2.05, 4.69) is 20.3 Å². The van der Waals surface area contributed by atoms with Crippen LogP contribution in [-0.2, 0) is 11.3 Å². The first-order valence-electron chi connectivity index (χ1n) is 7.90. The van der Waals surface area contributed by atoms with Gasteiger partial charge in [0, 0.05) is 25.7 Å². The van der Waals surface area contributed by atoms with E-state index in [-0.39, 0.29) is 30.6 Å². The molecule has 0 aliphatic carbocycles. The van der Waals surface area contributed by atoms with E-state index in [1.807, 2.05) is 0 Å². The predicted molar refractivity (Wildman–Crippen MR) is 90.3 cm³/mol. The zero-order valence-corrected chi connectivity index (χ0v) is 14.4. The molecule has 4 N–H and O–H groups in total. The molecule has 2 heterocycles. The van der Waals surface area contributed by atoms with Crippen LogP contribution in [0.1, 0.15) is 27.2 Å². The van der Waals surface area contributed by atoms with Crippen LogP contribution in [0.4, 0.5) is 10.7 Å². The van der Waals surface area contributed by atoms with Gasteiger partial charge in [-0.1, -0.05) is 0 Å². The van der Waals surface area contributed by atoms with Crippen molar-refractivity contribution in [1.82, 2.24) is 19.5 Å². The number of carbonyl (C=O) groups is 1. The lowest BCUT2D eigenvalue weighted by atomic mass is 10.1. The number of nitrogens with one attached hydrogen (secondary N) is 2. The van der Waals surface area contributed by atoms with E-state index < -0.39 is 17.3 Å². The summed E-state index contributed by atoms with van der Waals surface area (Å²) in [5.41, 5.74) is -0.737. The molecular weight excluding hydrogens is 330 g/mol. The summed E-state index contributed by atoms with van der Waals surface area (Å²) in [6, 6.07) is 0. The number of H-pyrrole nitrogens is 1. The third kappa shape index (κ3) is 5.00. The van der Waals surface area contributed by atoms with Crippen molar-refractivity contribution in [1.29, 1.82) is 0 Å². The second kappa shape index (κ2) is 7.62. The molecule has 138 valence electrons. The first-order valence-corrected chi connectivity index (χ1v) is 7.90. The maximum absolute atomic E-state index is 12.1. The van der Waals surface area contributed by atoms with Gasteiger partial charge in [0.05, 0.1) is 6.33 Å². The van der Waals surface area contributed by atoms with Gasteiger partial charge < -0.3 is 19.5 Å². The lowest BCUT2D eigenvalue weighted by Gasteiger charge is -2.19. The Kier molecular flexibility index (Phi) is 5.75. The van der Waals surface area contributed by atoms with Crippen LogP contribution in [-0.4, -0.2) is 54.6 Å². The maximum Gasteiger partial charge on any atom is 0.414 e. The van der Waals surface area contributed by atoms with Crippen LogP contribution in [0.25, 0.3) is 11.2 Å². The lowest BCUT2D eigenvalue weighted by Crippen LogP contribution is -2.28. The van der Waals surface area contributed by atoms with Crippen molar-refractivity contribution >= 4 is 23.2 Å². The molecule has 25 heavy (non-hydrogen) atoms. The minimum absolute atomic E-state index is 0.0469. The predicted octanol–water partition coefficient (Wildman–Crippen LogP) is 0.457. The zero-order valence-electron chi connectivity index (χ0n) is 14.4. The third-order valence-electron chi connectivity index (χ3n) is 3.39. The molecular formula is C15H23N5O5. The number of aromatic nitrogens is 4. The van der Waals surface area contributed by atoms with Gasteiger partial charge in [-0.2, -0.15) is 4.98 Å². The Bertz CT molecular complexity index is 788. The number of hydrogen-bond acceptors (Lipinski definition) is 7. The summed E-state index contributed by atoms with van der Waals surface area (Å²) in [6.45, 7) is 5.30. The fourth-order valence-corrected chi connectivity index (χ4v) is 2.14. The van der Waals surface area contributed by atoms with Gasteiger partial charge in [0.1, 0.15) is 5.60 Å². The highest BCUT2D eigenvalue weighted by Crippen LogP contribution is 2.12. The molecule has 2 rings (SSSR count). The SMILES string of the molecule is CC(C)(C)OC(=O)Nc1nc2c(ncn2CCC(CO)CO)c(=O)[nH]1. The molecule has 2 aromatic rings. The summed E-state index contributed by atoms with van der Waals surface area (Å²) < 4.78 is 6.75.